The van der Waals surface area contributed by atoms with Crippen LogP contribution < -0.4 is 15.2 Å². The van der Waals surface area contributed by atoms with Crippen LogP contribution in [-0.4, -0.2) is 62.9 Å². The van der Waals surface area contributed by atoms with Crippen molar-refractivity contribution < 1.29 is 9.50 Å². The summed E-state index contributed by atoms with van der Waals surface area (Å²) >= 11 is 0. The summed E-state index contributed by atoms with van der Waals surface area (Å²) in [6.07, 6.45) is 10.2. The Bertz CT molecular complexity index is 1720. The number of benzene rings is 1. The van der Waals surface area contributed by atoms with Crippen LogP contribution in [0, 0.1) is 19.7 Å². The van der Waals surface area contributed by atoms with Gasteiger partial charge < -0.3 is 19.5 Å². The number of anilines is 2. The number of piperidine rings is 1. The van der Waals surface area contributed by atoms with Gasteiger partial charge in [-0.05, 0) is 87.9 Å². The third-order valence-electron chi connectivity index (χ3n) is 9.51. The maximum Gasteiger partial charge on any atom is 0.193 e. The zero-order valence-electron chi connectivity index (χ0n) is 27.6. The highest BCUT2D eigenvalue weighted by molar-refractivity contribution is 5.84. The minimum Gasteiger partial charge on any atom is -0.391 e. The second-order valence-electron chi connectivity index (χ2n) is 12.9. The lowest BCUT2D eigenvalue weighted by atomic mass is 10.0. The van der Waals surface area contributed by atoms with Gasteiger partial charge in [-0.15, -0.1) is 0 Å². The number of pyridine rings is 3. The highest BCUT2D eigenvalue weighted by Crippen LogP contribution is 2.39. The Labute approximate surface area is 271 Å². The standard InChI is InChI=1S/C35H41FN6O2.C2H6/c1-23-5-6-28(17-38-23)39-12-3-4-29(21-39)41(18-25-9-11-37-24(2)14-25)19-26-20-42(27-7-8-27)33-16-34(40-13-10-30(43)22-40)32(36)15-31(33)35(26)44;1-2/h5-6,9,11,14-17,20,27,29-30,43H,3-4,7-8,10,12-13,18-19,21-22H2,1-2H3;1-2H3. The van der Waals surface area contributed by atoms with Gasteiger partial charge in [0, 0.05) is 86.1 Å². The number of nitrogens with zero attached hydrogens (tertiary/aromatic N) is 6. The molecule has 3 aliphatic rings. The zero-order valence-corrected chi connectivity index (χ0v) is 27.6. The molecule has 2 saturated heterocycles. The minimum atomic E-state index is -0.453. The topological polar surface area (TPSA) is 77.7 Å². The number of aliphatic hydroxyl groups is 1. The van der Waals surface area contributed by atoms with Gasteiger partial charge in [-0.2, -0.15) is 0 Å². The molecule has 0 amide bonds. The van der Waals surface area contributed by atoms with Crippen LogP contribution in [0.25, 0.3) is 10.9 Å². The quantitative estimate of drug-likeness (QED) is 0.251. The lowest BCUT2D eigenvalue weighted by Crippen LogP contribution is -2.48. The monoisotopic (exact) mass is 626 g/mol. The van der Waals surface area contributed by atoms with Crippen molar-refractivity contribution in [1.29, 1.82) is 0 Å². The van der Waals surface area contributed by atoms with Gasteiger partial charge >= 0.3 is 0 Å². The summed E-state index contributed by atoms with van der Waals surface area (Å²) in [5, 5.41) is 10.5. The van der Waals surface area contributed by atoms with Crippen molar-refractivity contribution in [3.63, 3.8) is 0 Å². The molecule has 0 spiro atoms. The summed E-state index contributed by atoms with van der Waals surface area (Å²) < 4.78 is 17.8. The Kier molecular flexibility index (Phi) is 9.70. The lowest BCUT2D eigenvalue weighted by molar-refractivity contribution is 0.158. The summed E-state index contributed by atoms with van der Waals surface area (Å²) in [6.45, 7) is 12.0. The highest BCUT2D eigenvalue weighted by Gasteiger charge is 2.31. The molecular weight excluding hydrogens is 579 g/mol. The highest BCUT2D eigenvalue weighted by atomic mass is 19.1. The number of halogens is 1. The van der Waals surface area contributed by atoms with E-state index >= 15 is 4.39 Å². The molecule has 0 bridgehead atoms. The largest absolute Gasteiger partial charge is 0.391 e. The zero-order chi connectivity index (χ0) is 32.4. The van der Waals surface area contributed by atoms with Crippen molar-refractivity contribution >= 4 is 22.3 Å². The van der Waals surface area contributed by atoms with E-state index < -0.39 is 11.9 Å². The number of aliphatic hydroxyl groups excluding tert-OH is 1. The first-order valence-electron chi connectivity index (χ1n) is 17.0. The number of β-amino-alcohol motifs (C(OH)–C–C–N with tert-alkyl or cyclic N) is 1. The second kappa shape index (κ2) is 13.9. The van der Waals surface area contributed by atoms with Crippen molar-refractivity contribution in [2.45, 2.75) is 91.1 Å². The molecule has 3 fully saturated rings. The van der Waals surface area contributed by atoms with E-state index in [0.29, 0.717) is 55.3 Å². The normalized spacial score (nSPS) is 19.9. The van der Waals surface area contributed by atoms with Crippen molar-refractivity contribution in [1.82, 2.24) is 19.4 Å². The predicted molar refractivity (Wildman–Crippen MR) is 183 cm³/mol. The number of aromatic nitrogens is 3. The van der Waals surface area contributed by atoms with Gasteiger partial charge in [-0.3, -0.25) is 19.7 Å². The number of hydrogen-bond donors (Lipinski definition) is 1. The van der Waals surface area contributed by atoms with E-state index in [-0.39, 0.29) is 11.5 Å². The van der Waals surface area contributed by atoms with Gasteiger partial charge in [-0.25, -0.2) is 4.39 Å². The van der Waals surface area contributed by atoms with Crippen molar-refractivity contribution in [3.8, 4) is 0 Å². The van der Waals surface area contributed by atoms with Gasteiger partial charge in [0.25, 0.3) is 0 Å². The van der Waals surface area contributed by atoms with Crippen LogP contribution >= 0.6 is 0 Å². The molecule has 8 nitrogen and oxygen atoms in total. The first-order chi connectivity index (χ1) is 22.3. The predicted octanol–water partition coefficient (Wildman–Crippen LogP) is 6.15. The average molecular weight is 627 g/mol. The second-order valence-corrected chi connectivity index (χ2v) is 12.9. The van der Waals surface area contributed by atoms with Crippen LogP contribution in [0.4, 0.5) is 15.8 Å². The Balaban J connectivity index is 0.00000182. The van der Waals surface area contributed by atoms with Gasteiger partial charge in [0.05, 0.1) is 29.2 Å². The van der Waals surface area contributed by atoms with Crippen molar-refractivity contribution in [2.24, 2.45) is 0 Å². The van der Waals surface area contributed by atoms with E-state index in [1.165, 1.54) is 11.6 Å². The van der Waals surface area contributed by atoms with E-state index in [2.05, 4.69) is 48.6 Å². The Morgan fingerprint density at radius 1 is 0.935 bits per heavy atom. The first kappa shape index (κ1) is 32.1. The molecule has 1 N–H and O–H groups in total. The van der Waals surface area contributed by atoms with Crippen molar-refractivity contribution in [2.75, 3.05) is 36.0 Å². The molecule has 46 heavy (non-hydrogen) atoms. The number of rotatable bonds is 8. The van der Waals surface area contributed by atoms with Gasteiger partial charge in [0.2, 0.25) is 0 Å². The smallest absolute Gasteiger partial charge is 0.193 e. The number of aryl methyl sites for hydroxylation is 2. The van der Waals surface area contributed by atoms with Crippen LogP contribution in [0.3, 0.4) is 0 Å². The van der Waals surface area contributed by atoms with Crippen molar-refractivity contribution in [3.05, 3.63) is 93.5 Å². The third kappa shape index (κ3) is 6.95. The molecule has 4 aromatic rings. The molecule has 2 atom stereocenters. The molecule has 1 aromatic carbocycles. The van der Waals surface area contributed by atoms with Crippen LogP contribution in [0.15, 0.2) is 59.8 Å². The Hall–Kier alpha value is -3.82. The van der Waals surface area contributed by atoms with E-state index in [1.807, 2.05) is 57.3 Å². The molecule has 1 aliphatic carbocycles. The lowest BCUT2D eigenvalue weighted by Gasteiger charge is -2.40. The molecule has 3 aromatic heterocycles. The van der Waals surface area contributed by atoms with Gasteiger partial charge in [0.1, 0.15) is 5.82 Å². The van der Waals surface area contributed by atoms with Crippen LogP contribution in [0.2, 0.25) is 0 Å². The molecule has 244 valence electrons. The maximum atomic E-state index is 15.6. The van der Waals surface area contributed by atoms with E-state index in [4.69, 9.17) is 0 Å². The Morgan fingerprint density at radius 2 is 1.76 bits per heavy atom. The first-order valence-corrected chi connectivity index (χ1v) is 17.0. The van der Waals surface area contributed by atoms with Crippen LogP contribution in [0.1, 0.15) is 74.5 Å². The average Bonchev–Trinajstić information content (AvgIpc) is 3.82. The molecule has 1 saturated carbocycles. The molecule has 2 unspecified atom stereocenters. The summed E-state index contributed by atoms with van der Waals surface area (Å²) in [5.74, 6) is -0.401. The fraction of sp³-hybridized carbons (Fsp3) is 0.486. The van der Waals surface area contributed by atoms with E-state index in [0.717, 1.165) is 61.4 Å². The molecule has 7 rings (SSSR count). The van der Waals surface area contributed by atoms with Crippen LogP contribution in [-0.2, 0) is 13.1 Å². The number of fused-ring (bicyclic) bond motifs is 1. The summed E-state index contributed by atoms with van der Waals surface area (Å²) in [6, 6.07) is 12.2. The molecular formula is C37H47FN6O2. The molecule has 9 heteroatoms. The summed E-state index contributed by atoms with van der Waals surface area (Å²) in [5.41, 5.74) is 6.11. The molecule has 0 radical (unpaired) electrons. The van der Waals surface area contributed by atoms with Gasteiger partial charge in [-0.1, -0.05) is 13.8 Å². The third-order valence-corrected chi connectivity index (χ3v) is 9.51. The van der Waals surface area contributed by atoms with E-state index in [9.17, 15) is 9.90 Å². The number of hydrogen-bond acceptors (Lipinski definition) is 7. The minimum absolute atomic E-state index is 0.102. The van der Waals surface area contributed by atoms with E-state index in [1.54, 1.807) is 0 Å². The molecule has 2 aliphatic heterocycles. The summed E-state index contributed by atoms with van der Waals surface area (Å²) in [4.78, 5) is 29.8. The molecule has 5 heterocycles. The van der Waals surface area contributed by atoms with Crippen LogP contribution in [0.5, 0.6) is 0 Å². The fourth-order valence-corrected chi connectivity index (χ4v) is 6.99. The SMILES string of the molecule is CC.Cc1ccc(N2CCCC(N(Cc3ccnc(C)c3)Cc3cn(C4CC4)c4cc(N5CCC(O)C5)c(F)cc4c3=O)C2)cn1. The van der Waals surface area contributed by atoms with Gasteiger partial charge in [0.15, 0.2) is 5.43 Å². The Morgan fingerprint density at radius 3 is 2.46 bits per heavy atom. The summed E-state index contributed by atoms with van der Waals surface area (Å²) in [7, 11) is 0. The maximum absolute atomic E-state index is 15.6. The fourth-order valence-electron chi connectivity index (χ4n) is 6.99.